The predicted octanol–water partition coefficient (Wildman–Crippen LogP) is 0.163. The van der Waals surface area contributed by atoms with Gasteiger partial charge in [0.1, 0.15) is 0 Å². The van der Waals surface area contributed by atoms with Crippen LogP contribution in [0.5, 0.6) is 0 Å². The summed E-state index contributed by atoms with van der Waals surface area (Å²) in [5.74, 6) is 0.310. The molecule has 0 saturated heterocycles. The number of hydrogen-bond donors (Lipinski definition) is 2. The Kier molecular flexibility index (Phi) is 2.69. The van der Waals surface area contributed by atoms with Crippen molar-refractivity contribution in [2.75, 3.05) is 0 Å². The van der Waals surface area contributed by atoms with E-state index in [1.807, 2.05) is 20.8 Å². The van der Waals surface area contributed by atoms with Gasteiger partial charge in [0.25, 0.3) is 10.0 Å². The number of nitrogens with two attached hydrogens (primary N) is 1. The maximum Gasteiger partial charge on any atom is 0.256 e. The Bertz CT molecular complexity index is 383. The minimum absolute atomic E-state index is 0.129. The number of primary sulfonamides is 1. The van der Waals surface area contributed by atoms with Gasteiger partial charge in [0.2, 0.25) is 0 Å². The van der Waals surface area contributed by atoms with Crippen LogP contribution in [0.3, 0.4) is 0 Å². The van der Waals surface area contributed by atoms with Crippen LogP contribution in [0.25, 0.3) is 0 Å². The molecule has 6 heteroatoms. The van der Waals surface area contributed by atoms with E-state index in [1.165, 1.54) is 6.20 Å². The SMILES string of the molecule is CC(C)C1(C)C=NC(S(N)(=O)=O)=CN1. The van der Waals surface area contributed by atoms with Gasteiger partial charge in [-0.25, -0.2) is 18.5 Å². The molecule has 1 aliphatic heterocycles. The molecule has 1 rings (SSSR count). The fraction of sp³-hybridized carbons (Fsp3) is 0.625. The smallest absolute Gasteiger partial charge is 0.256 e. The fourth-order valence-corrected chi connectivity index (χ4v) is 1.38. The zero-order valence-corrected chi connectivity index (χ0v) is 9.30. The summed E-state index contributed by atoms with van der Waals surface area (Å²) in [7, 11) is -3.70. The second-order valence-corrected chi connectivity index (χ2v) is 5.38. The van der Waals surface area contributed by atoms with Gasteiger partial charge in [-0.3, -0.25) is 0 Å². The Hall–Kier alpha value is -0.880. The van der Waals surface area contributed by atoms with E-state index in [2.05, 4.69) is 10.3 Å². The summed E-state index contributed by atoms with van der Waals surface area (Å²) in [5.41, 5.74) is -0.311. The molecule has 14 heavy (non-hydrogen) atoms. The van der Waals surface area contributed by atoms with Gasteiger partial charge in [-0.15, -0.1) is 0 Å². The van der Waals surface area contributed by atoms with E-state index in [4.69, 9.17) is 5.14 Å². The van der Waals surface area contributed by atoms with Gasteiger partial charge in [0.15, 0.2) is 5.03 Å². The average Bonchev–Trinajstić information content (AvgIpc) is 2.03. The molecular formula is C8H15N3O2S. The summed E-state index contributed by atoms with van der Waals surface area (Å²) in [6.45, 7) is 5.99. The standard InChI is InChI=1S/C8H15N3O2S/c1-6(2)8(3)5-10-7(4-11-8)14(9,12)13/h4-6,11H,1-3H3,(H2,9,12,13). The van der Waals surface area contributed by atoms with Crippen LogP contribution < -0.4 is 10.5 Å². The molecule has 0 saturated carbocycles. The number of rotatable bonds is 2. The molecule has 5 nitrogen and oxygen atoms in total. The highest BCUT2D eigenvalue weighted by Crippen LogP contribution is 2.19. The topological polar surface area (TPSA) is 84.5 Å². The molecule has 0 aromatic carbocycles. The highest BCUT2D eigenvalue weighted by molar-refractivity contribution is 7.93. The molecule has 0 aromatic rings. The number of sulfonamides is 1. The predicted molar refractivity (Wildman–Crippen MR) is 56.1 cm³/mol. The Morgan fingerprint density at radius 1 is 1.57 bits per heavy atom. The van der Waals surface area contributed by atoms with Crippen molar-refractivity contribution in [3.63, 3.8) is 0 Å². The van der Waals surface area contributed by atoms with Crippen LogP contribution in [0.2, 0.25) is 0 Å². The van der Waals surface area contributed by atoms with Crippen molar-refractivity contribution in [3.05, 3.63) is 11.2 Å². The van der Waals surface area contributed by atoms with Crippen molar-refractivity contribution in [1.82, 2.24) is 5.32 Å². The molecule has 3 N–H and O–H groups in total. The summed E-state index contributed by atoms with van der Waals surface area (Å²) in [6, 6.07) is 0. The third kappa shape index (κ3) is 2.13. The maximum absolute atomic E-state index is 10.9. The lowest BCUT2D eigenvalue weighted by atomic mass is 9.89. The van der Waals surface area contributed by atoms with Crippen LogP contribution in [-0.2, 0) is 10.0 Å². The lowest BCUT2D eigenvalue weighted by molar-refractivity contribution is 0.397. The van der Waals surface area contributed by atoms with Crippen LogP contribution >= 0.6 is 0 Å². The first-order valence-corrected chi connectivity index (χ1v) is 5.86. The summed E-state index contributed by atoms with van der Waals surface area (Å²) < 4.78 is 21.8. The maximum atomic E-state index is 10.9. The molecule has 80 valence electrons. The van der Waals surface area contributed by atoms with Crippen molar-refractivity contribution in [1.29, 1.82) is 0 Å². The zero-order chi connectivity index (χ0) is 11.0. The van der Waals surface area contributed by atoms with E-state index in [0.29, 0.717) is 5.92 Å². The van der Waals surface area contributed by atoms with E-state index >= 15 is 0 Å². The molecule has 0 aliphatic carbocycles. The summed E-state index contributed by atoms with van der Waals surface area (Å²) in [6.07, 6.45) is 2.92. The van der Waals surface area contributed by atoms with Gasteiger partial charge in [0.05, 0.1) is 5.54 Å². The van der Waals surface area contributed by atoms with Gasteiger partial charge in [-0.05, 0) is 12.8 Å². The van der Waals surface area contributed by atoms with Crippen molar-refractivity contribution >= 4 is 16.2 Å². The Morgan fingerprint density at radius 3 is 2.43 bits per heavy atom. The molecule has 0 spiro atoms. The van der Waals surface area contributed by atoms with E-state index < -0.39 is 10.0 Å². The zero-order valence-electron chi connectivity index (χ0n) is 8.48. The minimum Gasteiger partial charge on any atom is -0.378 e. The number of aliphatic imine (C=N–C) groups is 1. The van der Waals surface area contributed by atoms with Crippen LogP contribution in [0.15, 0.2) is 16.2 Å². The molecule has 1 heterocycles. The molecule has 0 amide bonds. The summed E-state index contributed by atoms with van der Waals surface area (Å²) in [5, 5.41) is 7.78. The lowest BCUT2D eigenvalue weighted by Crippen LogP contribution is -2.47. The van der Waals surface area contributed by atoms with Crippen molar-refractivity contribution < 1.29 is 8.42 Å². The monoisotopic (exact) mass is 217 g/mol. The van der Waals surface area contributed by atoms with Crippen LogP contribution in [0, 0.1) is 5.92 Å². The first-order chi connectivity index (χ1) is 6.26. The normalized spacial score (nSPS) is 27.4. The van der Waals surface area contributed by atoms with E-state index in [-0.39, 0.29) is 10.6 Å². The van der Waals surface area contributed by atoms with Gasteiger partial charge in [-0.1, -0.05) is 13.8 Å². The van der Waals surface area contributed by atoms with Gasteiger partial charge in [-0.2, -0.15) is 0 Å². The molecule has 0 radical (unpaired) electrons. The second kappa shape index (κ2) is 3.36. The average molecular weight is 217 g/mol. The van der Waals surface area contributed by atoms with E-state index in [1.54, 1.807) is 6.21 Å². The highest BCUT2D eigenvalue weighted by atomic mass is 32.2. The third-order valence-corrected chi connectivity index (χ3v) is 3.26. The van der Waals surface area contributed by atoms with Gasteiger partial charge in [0, 0.05) is 12.4 Å². The third-order valence-electron chi connectivity index (χ3n) is 2.46. The van der Waals surface area contributed by atoms with Gasteiger partial charge < -0.3 is 5.32 Å². The van der Waals surface area contributed by atoms with Crippen molar-refractivity contribution in [2.45, 2.75) is 26.3 Å². The summed E-state index contributed by atoms with van der Waals surface area (Å²) in [4.78, 5) is 3.84. The molecule has 0 bridgehead atoms. The second-order valence-electron chi connectivity index (χ2n) is 3.87. The molecule has 0 aromatic heterocycles. The number of nitrogens with one attached hydrogen (secondary N) is 1. The summed E-state index contributed by atoms with van der Waals surface area (Å²) >= 11 is 0. The quantitative estimate of drug-likeness (QED) is 0.691. The first-order valence-electron chi connectivity index (χ1n) is 4.31. The van der Waals surface area contributed by atoms with Gasteiger partial charge >= 0.3 is 0 Å². The minimum atomic E-state index is -3.70. The van der Waals surface area contributed by atoms with Crippen LogP contribution in [0.1, 0.15) is 20.8 Å². The Balaban J connectivity index is 2.92. The largest absolute Gasteiger partial charge is 0.378 e. The molecule has 0 fully saturated rings. The Labute approximate surface area is 84.1 Å². The fourth-order valence-electron chi connectivity index (χ4n) is 0.961. The molecular weight excluding hydrogens is 202 g/mol. The van der Waals surface area contributed by atoms with Crippen LogP contribution in [-0.4, -0.2) is 20.2 Å². The lowest BCUT2D eigenvalue weighted by Gasteiger charge is -2.32. The molecule has 1 aliphatic rings. The van der Waals surface area contributed by atoms with E-state index in [0.717, 1.165) is 0 Å². The van der Waals surface area contributed by atoms with Crippen molar-refractivity contribution in [2.24, 2.45) is 16.0 Å². The van der Waals surface area contributed by atoms with Crippen molar-refractivity contribution in [3.8, 4) is 0 Å². The van der Waals surface area contributed by atoms with Crippen LogP contribution in [0.4, 0.5) is 0 Å². The Morgan fingerprint density at radius 2 is 2.14 bits per heavy atom. The highest BCUT2D eigenvalue weighted by Gasteiger charge is 2.28. The molecule has 1 unspecified atom stereocenters. The number of nitrogens with zero attached hydrogens (tertiary/aromatic N) is 1. The molecule has 1 atom stereocenters. The van der Waals surface area contributed by atoms with E-state index in [9.17, 15) is 8.42 Å². The number of hydrogen-bond acceptors (Lipinski definition) is 4. The first kappa shape index (κ1) is 11.2.